The third kappa shape index (κ3) is 3.14. The maximum absolute atomic E-state index is 9.15. The molecular formula is C17H18N2. The molecule has 19 heavy (non-hydrogen) atoms. The second-order valence-electron chi connectivity index (χ2n) is 4.93. The number of para-hydroxylation sites is 1. The summed E-state index contributed by atoms with van der Waals surface area (Å²) in [5.41, 5.74) is 2.82. The lowest BCUT2D eigenvalue weighted by Gasteiger charge is -2.24. The van der Waals surface area contributed by atoms with Gasteiger partial charge in [0, 0.05) is 0 Å². The SMILES string of the molecule is CC(C)C(Nc1ccccc1C#N)c1ccccc1. The van der Waals surface area contributed by atoms with E-state index >= 15 is 0 Å². The molecule has 0 saturated carbocycles. The topological polar surface area (TPSA) is 35.8 Å². The molecule has 2 aromatic carbocycles. The molecule has 1 N–H and O–H groups in total. The summed E-state index contributed by atoms with van der Waals surface area (Å²) < 4.78 is 0. The predicted molar refractivity (Wildman–Crippen MR) is 78.8 cm³/mol. The smallest absolute Gasteiger partial charge is 0.101 e. The summed E-state index contributed by atoms with van der Waals surface area (Å²) in [5, 5.41) is 12.6. The Morgan fingerprint density at radius 2 is 1.58 bits per heavy atom. The Balaban J connectivity index is 2.30. The first-order valence-corrected chi connectivity index (χ1v) is 6.53. The molecule has 0 amide bonds. The maximum Gasteiger partial charge on any atom is 0.101 e. The van der Waals surface area contributed by atoms with Gasteiger partial charge in [-0.05, 0) is 23.6 Å². The Morgan fingerprint density at radius 3 is 2.21 bits per heavy atom. The maximum atomic E-state index is 9.15. The van der Waals surface area contributed by atoms with Crippen molar-refractivity contribution in [3.63, 3.8) is 0 Å². The van der Waals surface area contributed by atoms with Crippen molar-refractivity contribution in [2.75, 3.05) is 5.32 Å². The fourth-order valence-electron chi connectivity index (χ4n) is 2.17. The lowest BCUT2D eigenvalue weighted by atomic mass is 9.95. The molecular weight excluding hydrogens is 232 g/mol. The second-order valence-corrected chi connectivity index (χ2v) is 4.93. The molecule has 0 heterocycles. The minimum Gasteiger partial charge on any atom is -0.377 e. The van der Waals surface area contributed by atoms with Gasteiger partial charge in [-0.25, -0.2) is 0 Å². The van der Waals surface area contributed by atoms with Gasteiger partial charge in [-0.15, -0.1) is 0 Å². The van der Waals surface area contributed by atoms with Crippen LogP contribution in [0.25, 0.3) is 0 Å². The molecule has 1 unspecified atom stereocenters. The van der Waals surface area contributed by atoms with E-state index in [9.17, 15) is 0 Å². The van der Waals surface area contributed by atoms with E-state index < -0.39 is 0 Å². The fraction of sp³-hybridized carbons (Fsp3) is 0.235. The van der Waals surface area contributed by atoms with Crippen LogP contribution in [0.2, 0.25) is 0 Å². The highest BCUT2D eigenvalue weighted by atomic mass is 14.9. The minimum atomic E-state index is 0.204. The van der Waals surface area contributed by atoms with Crippen LogP contribution in [-0.2, 0) is 0 Å². The molecule has 2 aromatic rings. The number of nitriles is 1. The van der Waals surface area contributed by atoms with Gasteiger partial charge in [0.15, 0.2) is 0 Å². The number of nitrogens with zero attached hydrogens (tertiary/aromatic N) is 1. The highest BCUT2D eigenvalue weighted by molar-refractivity contribution is 5.58. The van der Waals surface area contributed by atoms with Gasteiger partial charge >= 0.3 is 0 Å². The van der Waals surface area contributed by atoms with E-state index in [0.717, 1.165) is 5.69 Å². The molecule has 0 aliphatic heterocycles. The van der Waals surface area contributed by atoms with Crippen LogP contribution in [0.1, 0.15) is 31.0 Å². The van der Waals surface area contributed by atoms with Crippen molar-refractivity contribution in [2.24, 2.45) is 5.92 Å². The number of anilines is 1. The number of rotatable bonds is 4. The van der Waals surface area contributed by atoms with Crippen molar-refractivity contribution in [1.82, 2.24) is 0 Å². The first-order valence-electron chi connectivity index (χ1n) is 6.53. The predicted octanol–water partition coefficient (Wildman–Crippen LogP) is 4.37. The summed E-state index contributed by atoms with van der Waals surface area (Å²) >= 11 is 0. The zero-order chi connectivity index (χ0) is 13.7. The van der Waals surface area contributed by atoms with Gasteiger partial charge in [-0.1, -0.05) is 56.3 Å². The van der Waals surface area contributed by atoms with Crippen LogP contribution in [0, 0.1) is 17.2 Å². The average Bonchev–Trinajstić information content (AvgIpc) is 2.45. The third-order valence-corrected chi connectivity index (χ3v) is 3.18. The average molecular weight is 250 g/mol. The van der Waals surface area contributed by atoms with Crippen LogP contribution < -0.4 is 5.32 Å². The van der Waals surface area contributed by atoms with Gasteiger partial charge in [0.25, 0.3) is 0 Å². The van der Waals surface area contributed by atoms with Crippen LogP contribution in [0.4, 0.5) is 5.69 Å². The Kier molecular flexibility index (Phi) is 4.20. The van der Waals surface area contributed by atoms with E-state index in [1.165, 1.54) is 5.56 Å². The molecule has 0 bridgehead atoms. The standard InChI is InChI=1S/C17H18N2/c1-13(2)17(14-8-4-3-5-9-14)19-16-11-7-6-10-15(16)12-18/h3-11,13,17,19H,1-2H3. The van der Waals surface area contributed by atoms with Crippen molar-refractivity contribution in [3.8, 4) is 6.07 Å². The quantitative estimate of drug-likeness (QED) is 0.874. The van der Waals surface area contributed by atoms with Crippen molar-refractivity contribution < 1.29 is 0 Å². The summed E-state index contributed by atoms with van der Waals surface area (Å²) in [7, 11) is 0. The van der Waals surface area contributed by atoms with Crippen LogP contribution in [-0.4, -0.2) is 0 Å². The summed E-state index contributed by atoms with van der Waals surface area (Å²) in [6.45, 7) is 4.36. The zero-order valence-corrected chi connectivity index (χ0v) is 11.3. The molecule has 0 aliphatic rings. The molecule has 2 heteroatoms. The molecule has 0 saturated heterocycles. The van der Waals surface area contributed by atoms with E-state index in [-0.39, 0.29) is 6.04 Å². The Hall–Kier alpha value is -2.27. The third-order valence-electron chi connectivity index (χ3n) is 3.18. The minimum absolute atomic E-state index is 0.204. The van der Waals surface area contributed by atoms with Crippen molar-refractivity contribution in [1.29, 1.82) is 5.26 Å². The molecule has 2 nitrogen and oxygen atoms in total. The lowest BCUT2D eigenvalue weighted by molar-refractivity contribution is 0.546. The molecule has 0 fully saturated rings. The molecule has 0 aromatic heterocycles. The Morgan fingerprint density at radius 1 is 0.947 bits per heavy atom. The number of nitrogens with one attached hydrogen (secondary N) is 1. The second kappa shape index (κ2) is 6.06. The van der Waals surface area contributed by atoms with Gasteiger partial charge in [0.1, 0.15) is 6.07 Å². The van der Waals surface area contributed by atoms with E-state index in [1.807, 2.05) is 42.5 Å². The van der Waals surface area contributed by atoms with Gasteiger partial charge in [0.05, 0.1) is 17.3 Å². The van der Waals surface area contributed by atoms with E-state index in [0.29, 0.717) is 11.5 Å². The number of hydrogen-bond acceptors (Lipinski definition) is 2. The fourth-order valence-corrected chi connectivity index (χ4v) is 2.17. The highest BCUT2D eigenvalue weighted by Gasteiger charge is 2.16. The van der Waals surface area contributed by atoms with Crippen LogP contribution in [0.15, 0.2) is 54.6 Å². The molecule has 0 aliphatic carbocycles. The first kappa shape index (κ1) is 13.2. The van der Waals surface area contributed by atoms with Crippen LogP contribution in [0.3, 0.4) is 0 Å². The Bertz CT molecular complexity index is 567. The van der Waals surface area contributed by atoms with Gasteiger partial charge in [-0.3, -0.25) is 0 Å². The lowest BCUT2D eigenvalue weighted by Crippen LogP contribution is -2.17. The summed E-state index contributed by atoms with van der Waals surface area (Å²) in [5.74, 6) is 0.439. The molecule has 96 valence electrons. The van der Waals surface area contributed by atoms with Crippen molar-refractivity contribution >= 4 is 5.69 Å². The molecule has 0 radical (unpaired) electrons. The normalized spacial score (nSPS) is 11.9. The largest absolute Gasteiger partial charge is 0.377 e. The number of hydrogen-bond donors (Lipinski definition) is 1. The highest BCUT2D eigenvalue weighted by Crippen LogP contribution is 2.27. The van der Waals surface area contributed by atoms with E-state index in [4.69, 9.17) is 5.26 Å². The van der Waals surface area contributed by atoms with Crippen LogP contribution in [0.5, 0.6) is 0 Å². The van der Waals surface area contributed by atoms with Gasteiger partial charge in [-0.2, -0.15) is 5.26 Å². The summed E-state index contributed by atoms with van der Waals surface area (Å²) in [4.78, 5) is 0. The van der Waals surface area contributed by atoms with E-state index in [1.54, 1.807) is 0 Å². The van der Waals surface area contributed by atoms with Gasteiger partial charge in [0.2, 0.25) is 0 Å². The molecule has 2 rings (SSSR count). The Labute approximate surface area is 114 Å². The van der Waals surface area contributed by atoms with Crippen LogP contribution >= 0.6 is 0 Å². The number of benzene rings is 2. The summed E-state index contributed by atoms with van der Waals surface area (Å²) in [6, 6.07) is 20.4. The van der Waals surface area contributed by atoms with Crippen molar-refractivity contribution in [2.45, 2.75) is 19.9 Å². The molecule has 0 spiro atoms. The summed E-state index contributed by atoms with van der Waals surface area (Å²) in [6.07, 6.45) is 0. The van der Waals surface area contributed by atoms with Crippen molar-refractivity contribution in [3.05, 3.63) is 65.7 Å². The van der Waals surface area contributed by atoms with E-state index in [2.05, 4.69) is 37.4 Å². The van der Waals surface area contributed by atoms with Gasteiger partial charge < -0.3 is 5.32 Å². The monoisotopic (exact) mass is 250 g/mol. The molecule has 1 atom stereocenters. The first-order chi connectivity index (χ1) is 9.22. The zero-order valence-electron chi connectivity index (χ0n) is 11.3.